The molecule has 1 unspecified atom stereocenters. The van der Waals surface area contributed by atoms with Gasteiger partial charge in [-0.3, -0.25) is 4.68 Å². The molecule has 0 aliphatic rings. The van der Waals surface area contributed by atoms with E-state index in [9.17, 15) is 0 Å². The molecule has 92 valence electrons. The van der Waals surface area contributed by atoms with Crippen LogP contribution in [0.4, 0.5) is 0 Å². The molecule has 6 heteroatoms. The third-order valence-corrected chi connectivity index (χ3v) is 2.48. The first kappa shape index (κ1) is 13.4. The molecule has 1 atom stereocenters. The SMILES string of the molecule is CCOCC(N)c1c(Cl)cnn1CCOC. The maximum atomic E-state index is 6.04. The van der Waals surface area contributed by atoms with E-state index in [2.05, 4.69) is 5.10 Å². The van der Waals surface area contributed by atoms with Gasteiger partial charge in [0.25, 0.3) is 0 Å². The summed E-state index contributed by atoms with van der Waals surface area (Å²) in [5, 5.41) is 4.72. The zero-order valence-electron chi connectivity index (χ0n) is 9.65. The Kier molecular flexibility index (Phi) is 5.76. The number of hydrogen-bond acceptors (Lipinski definition) is 4. The van der Waals surface area contributed by atoms with Gasteiger partial charge in [0.2, 0.25) is 0 Å². The molecule has 5 nitrogen and oxygen atoms in total. The smallest absolute Gasteiger partial charge is 0.0835 e. The number of methoxy groups -OCH3 is 1. The van der Waals surface area contributed by atoms with Gasteiger partial charge in [0.05, 0.1) is 42.7 Å². The maximum Gasteiger partial charge on any atom is 0.0835 e. The monoisotopic (exact) mass is 247 g/mol. The lowest BCUT2D eigenvalue weighted by atomic mass is 10.2. The minimum Gasteiger partial charge on any atom is -0.383 e. The molecule has 0 aliphatic carbocycles. The highest BCUT2D eigenvalue weighted by molar-refractivity contribution is 6.31. The lowest BCUT2D eigenvalue weighted by Gasteiger charge is -2.14. The summed E-state index contributed by atoms with van der Waals surface area (Å²) < 4.78 is 12.0. The Hall–Kier alpha value is -0.620. The molecular weight excluding hydrogens is 230 g/mol. The predicted molar refractivity (Wildman–Crippen MR) is 62.5 cm³/mol. The van der Waals surface area contributed by atoms with Gasteiger partial charge in [-0.1, -0.05) is 11.6 Å². The quantitative estimate of drug-likeness (QED) is 0.787. The largest absolute Gasteiger partial charge is 0.383 e. The van der Waals surface area contributed by atoms with Crippen LogP contribution in [0, 0.1) is 0 Å². The summed E-state index contributed by atoms with van der Waals surface area (Å²) in [5.41, 5.74) is 6.79. The summed E-state index contributed by atoms with van der Waals surface area (Å²) >= 11 is 6.04. The molecular formula is C10H18ClN3O2. The van der Waals surface area contributed by atoms with Gasteiger partial charge >= 0.3 is 0 Å². The van der Waals surface area contributed by atoms with Gasteiger partial charge in [-0.15, -0.1) is 0 Å². The van der Waals surface area contributed by atoms with Crippen LogP contribution in [0.2, 0.25) is 5.02 Å². The van der Waals surface area contributed by atoms with Crippen molar-refractivity contribution in [1.29, 1.82) is 0 Å². The third-order valence-electron chi connectivity index (χ3n) is 2.19. The average Bonchev–Trinajstić information content (AvgIpc) is 2.64. The fourth-order valence-corrected chi connectivity index (χ4v) is 1.70. The number of ether oxygens (including phenoxy) is 2. The van der Waals surface area contributed by atoms with E-state index in [0.29, 0.717) is 31.4 Å². The van der Waals surface area contributed by atoms with Gasteiger partial charge < -0.3 is 15.2 Å². The third kappa shape index (κ3) is 3.45. The second-order valence-corrected chi connectivity index (χ2v) is 3.77. The fourth-order valence-electron chi connectivity index (χ4n) is 1.42. The van der Waals surface area contributed by atoms with E-state index in [-0.39, 0.29) is 6.04 Å². The molecule has 0 saturated carbocycles. The van der Waals surface area contributed by atoms with E-state index in [1.165, 1.54) is 0 Å². The summed E-state index contributed by atoms with van der Waals surface area (Å²) in [6, 6.07) is -0.258. The molecule has 0 aromatic carbocycles. The van der Waals surface area contributed by atoms with Crippen molar-refractivity contribution in [1.82, 2.24) is 9.78 Å². The zero-order valence-corrected chi connectivity index (χ0v) is 10.4. The fraction of sp³-hybridized carbons (Fsp3) is 0.700. The van der Waals surface area contributed by atoms with E-state index < -0.39 is 0 Å². The second-order valence-electron chi connectivity index (χ2n) is 3.36. The van der Waals surface area contributed by atoms with Crippen molar-refractivity contribution < 1.29 is 9.47 Å². The summed E-state index contributed by atoms with van der Waals surface area (Å²) in [6.45, 7) is 4.22. The Morgan fingerprint density at radius 3 is 3.00 bits per heavy atom. The molecule has 0 radical (unpaired) electrons. The van der Waals surface area contributed by atoms with Crippen LogP contribution in [-0.4, -0.2) is 36.7 Å². The topological polar surface area (TPSA) is 62.3 Å². The van der Waals surface area contributed by atoms with Crippen molar-refractivity contribution in [2.45, 2.75) is 19.5 Å². The zero-order chi connectivity index (χ0) is 12.0. The molecule has 0 bridgehead atoms. The van der Waals surface area contributed by atoms with E-state index in [0.717, 1.165) is 5.69 Å². The molecule has 16 heavy (non-hydrogen) atoms. The lowest BCUT2D eigenvalue weighted by molar-refractivity contribution is 0.129. The standard InChI is InChI=1S/C10H18ClN3O2/c1-3-16-7-9(12)10-8(11)6-13-14(10)4-5-15-2/h6,9H,3-5,7,12H2,1-2H3. The molecule has 1 aromatic rings. The van der Waals surface area contributed by atoms with Crippen LogP contribution in [0.25, 0.3) is 0 Å². The lowest BCUT2D eigenvalue weighted by Crippen LogP contribution is -2.22. The van der Waals surface area contributed by atoms with E-state index in [1.807, 2.05) is 6.92 Å². The van der Waals surface area contributed by atoms with Gasteiger partial charge in [0.1, 0.15) is 0 Å². The molecule has 1 heterocycles. The number of aromatic nitrogens is 2. The van der Waals surface area contributed by atoms with Gasteiger partial charge in [-0.25, -0.2) is 0 Å². The van der Waals surface area contributed by atoms with Crippen molar-refractivity contribution in [2.24, 2.45) is 5.73 Å². The van der Waals surface area contributed by atoms with Crippen LogP contribution >= 0.6 is 11.6 Å². The summed E-state index contributed by atoms with van der Waals surface area (Å²) in [5.74, 6) is 0. The normalized spacial score (nSPS) is 13.0. The number of nitrogens with zero attached hydrogens (tertiary/aromatic N) is 2. The van der Waals surface area contributed by atoms with Gasteiger partial charge in [-0.05, 0) is 6.92 Å². The molecule has 1 aromatic heterocycles. The van der Waals surface area contributed by atoms with Crippen molar-refractivity contribution in [3.8, 4) is 0 Å². The van der Waals surface area contributed by atoms with Crippen molar-refractivity contribution in [2.75, 3.05) is 26.9 Å². The van der Waals surface area contributed by atoms with Crippen LogP contribution < -0.4 is 5.73 Å². The van der Waals surface area contributed by atoms with E-state index >= 15 is 0 Å². The first-order chi connectivity index (χ1) is 7.70. The predicted octanol–water partition coefficient (Wildman–Crippen LogP) is 1.22. The van der Waals surface area contributed by atoms with Gasteiger partial charge in [0, 0.05) is 13.7 Å². The Labute approximate surface area is 100 Å². The van der Waals surface area contributed by atoms with Crippen molar-refractivity contribution in [3.05, 3.63) is 16.9 Å². The summed E-state index contributed by atoms with van der Waals surface area (Å²) in [4.78, 5) is 0. The molecule has 1 rings (SSSR count). The summed E-state index contributed by atoms with van der Waals surface area (Å²) in [7, 11) is 1.64. The Balaban J connectivity index is 2.71. The van der Waals surface area contributed by atoms with Crippen molar-refractivity contribution in [3.63, 3.8) is 0 Å². The van der Waals surface area contributed by atoms with Gasteiger partial charge in [-0.2, -0.15) is 5.10 Å². The highest BCUT2D eigenvalue weighted by Crippen LogP contribution is 2.21. The molecule has 0 aliphatic heterocycles. The summed E-state index contributed by atoms with van der Waals surface area (Å²) in [6.07, 6.45) is 1.60. The second kappa shape index (κ2) is 6.85. The maximum absolute atomic E-state index is 6.04. The number of halogens is 1. The number of hydrogen-bond donors (Lipinski definition) is 1. The average molecular weight is 248 g/mol. The first-order valence-electron chi connectivity index (χ1n) is 5.24. The Morgan fingerprint density at radius 1 is 1.62 bits per heavy atom. The van der Waals surface area contributed by atoms with Crippen LogP contribution in [-0.2, 0) is 16.0 Å². The minimum atomic E-state index is -0.258. The molecule has 0 spiro atoms. The molecule has 0 saturated heterocycles. The van der Waals surface area contributed by atoms with E-state index in [4.69, 9.17) is 26.8 Å². The molecule has 2 N–H and O–H groups in total. The number of nitrogens with two attached hydrogens (primary N) is 1. The van der Waals surface area contributed by atoms with Crippen LogP contribution in [0.15, 0.2) is 6.20 Å². The Morgan fingerprint density at radius 2 is 2.38 bits per heavy atom. The van der Waals surface area contributed by atoms with Crippen LogP contribution in [0.5, 0.6) is 0 Å². The van der Waals surface area contributed by atoms with Gasteiger partial charge in [0.15, 0.2) is 0 Å². The van der Waals surface area contributed by atoms with Crippen LogP contribution in [0.1, 0.15) is 18.7 Å². The Bertz CT molecular complexity index is 317. The first-order valence-corrected chi connectivity index (χ1v) is 5.62. The van der Waals surface area contributed by atoms with E-state index in [1.54, 1.807) is 18.0 Å². The minimum absolute atomic E-state index is 0.258. The highest BCUT2D eigenvalue weighted by Gasteiger charge is 2.16. The molecule has 0 fully saturated rings. The van der Waals surface area contributed by atoms with Crippen molar-refractivity contribution >= 4 is 11.6 Å². The van der Waals surface area contributed by atoms with Crippen LogP contribution in [0.3, 0.4) is 0 Å². The highest BCUT2D eigenvalue weighted by atomic mass is 35.5. The molecule has 0 amide bonds. The number of rotatable bonds is 7.